The molecule has 0 heterocycles. The van der Waals surface area contributed by atoms with Crippen molar-refractivity contribution >= 4 is 0 Å². The van der Waals surface area contributed by atoms with E-state index >= 15 is 0 Å². The van der Waals surface area contributed by atoms with Gasteiger partial charge in [0.2, 0.25) is 0 Å². The topological polar surface area (TPSA) is 0 Å². The Morgan fingerprint density at radius 3 is 1.00 bits per heavy atom. The Labute approximate surface area is 94.3 Å². The van der Waals surface area contributed by atoms with E-state index in [-0.39, 0.29) is 39.0 Å². The van der Waals surface area contributed by atoms with Crippen molar-refractivity contribution in [2.45, 2.75) is 20.8 Å². The molecule has 0 bridgehead atoms. The predicted octanol–water partition coefficient (Wildman–Crippen LogP) is 2.61. The van der Waals surface area contributed by atoms with Gasteiger partial charge in [0, 0.05) is 39.0 Å². The van der Waals surface area contributed by atoms with Crippen LogP contribution >= 0.6 is 0 Å². The summed E-state index contributed by atoms with van der Waals surface area (Å²) < 4.78 is 0. The molecule has 11 heavy (non-hydrogen) atoms. The summed E-state index contributed by atoms with van der Waals surface area (Å²) in [5.41, 5.74) is 4.06. The first kappa shape index (κ1) is 14.0. The second-order valence-corrected chi connectivity index (χ2v) is 2.67. The maximum atomic E-state index is 2.19. The van der Waals surface area contributed by atoms with Gasteiger partial charge in [0.15, 0.2) is 0 Å². The van der Waals surface area contributed by atoms with Gasteiger partial charge in [-0.15, -0.1) is 0 Å². The fourth-order valence-corrected chi connectivity index (χ4v) is 1.20. The van der Waals surface area contributed by atoms with Crippen molar-refractivity contribution in [2.75, 3.05) is 0 Å². The van der Waals surface area contributed by atoms with Crippen molar-refractivity contribution in [3.8, 4) is 0 Å². The molecule has 0 nitrogen and oxygen atoms in total. The van der Waals surface area contributed by atoms with Gasteiger partial charge in [-0.2, -0.15) is 0 Å². The van der Waals surface area contributed by atoms with Gasteiger partial charge in [-0.25, -0.2) is 0 Å². The molecule has 0 aliphatic rings. The fraction of sp³-hybridized carbons (Fsp3) is 0.333. The SMILES string of the molecule is Cc1cc(C)cc(C)c1.[Ru].[Ru]. The molecule has 0 saturated heterocycles. The molecule has 1 rings (SSSR count). The molecular weight excluding hydrogens is 310 g/mol. The van der Waals surface area contributed by atoms with Crippen LogP contribution in [-0.4, -0.2) is 0 Å². The smallest absolute Gasteiger partial charge is 0 e. The second-order valence-electron chi connectivity index (χ2n) is 2.67. The van der Waals surface area contributed by atoms with Crippen molar-refractivity contribution in [1.29, 1.82) is 0 Å². The summed E-state index contributed by atoms with van der Waals surface area (Å²) in [4.78, 5) is 0. The van der Waals surface area contributed by atoms with Crippen LogP contribution in [0.3, 0.4) is 0 Å². The average Bonchev–Trinajstić information content (AvgIpc) is 1.59. The summed E-state index contributed by atoms with van der Waals surface area (Å²) in [6.45, 7) is 6.38. The van der Waals surface area contributed by atoms with Crippen LogP contribution in [0.5, 0.6) is 0 Å². The molecule has 0 spiro atoms. The van der Waals surface area contributed by atoms with E-state index in [0.29, 0.717) is 0 Å². The molecule has 0 aliphatic carbocycles. The van der Waals surface area contributed by atoms with Gasteiger partial charge in [-0.3, -0.25) is 0 Å². The predicted molar refractivity (Wildman–Crippen MR) is 40.7 cm³/mol. The molecule has 0 aromatic heterocycles. The molecule has 64 valence electrons. The first-order chi connectivity index (χ1) is 4.18. The number of rotatable bonds is 0. The molecule has 1 aromatic carbocycles. The molecule has 0 amide bonds. The van der Waals surface area contributed by atoms with Crippen molar-refractivity contribution in [1.82, 2.24) is 0 Å². The Morgan fingerprint density at radius 1 is 0.636 bits per heavy atom. The number of hydrogen-bond acceptors (Lipinski definition) is 0. The van der Waals surface area contributed by atoms with Crippen LogP contribution in [0.15, 0.2) is 18.2 Å². The molecule has 0 unspecified atom stereocenters. The summed E-state index contributed by atoms with van der Waals surface area (Å²) in [5, 5.41) is 0. The van der Waals surface area contributed by atoms with E-state index in [2.05, 4.69) is 39.0 Å². The number of benzene rings is 1. The number of aryl methyl sites for hydroxylation is 3. The first-order valence-corrected chi connectivity index (χ1v) is 3.23. The molecular formula is C9H12Ru2. The van der Waals surface area contributed by atoms with Crippen molar-refractivity contribution < 1.29 is 39.0 Å². The van der Waals surface area contributed by atoms with E-state index in [9.17, 15) is 0 Å². The molecule has 0 aliphatic heterocycles. The third-order valence-corrected chi connectivity index (χ3v) is 1.37. The Hall–Kier alpha value is 0.467. The zero-order chi connectivity index (χ0) is 6.85. The second kappa shape index (κ2) is 6.04. The summed E-state index contributed by atoms with van der Waals surface area (Å²) in [5.74, 6) is 0. The van der Waals surface area contributed by atoms with Crippen molar-refractivity contribution in [2.24, 2.45) is 0 Å². The van der Waals surface area contributed by atoms with Crippen LogP contribution in [0, 0.1) is 20.8 Å². The standard InChI is InChI=1S/C9H12.2Ru/c1-7-4-8(2)6-9(3)5-7;;/h4-6H,1-3H3;;. The molecule has 0 fully saturated rings. The molecule has 0 saturated carbocycles. The van der Waals surface area contributed by atoms with Crippen LogP contribution in [0.1, 0.15) is 16.7 Å². The summed E-state index contributed by atoms with van der Waals surface area (Å²) in [7, 11) is 0. The quantitative estimate of drug-likeness (QED) is 0.644. The minimum Gasteiger partial charge on any atom is -0.0564 e. The van der Waals surface area contributed by atoms with E-state index in [4.69, 9.17) is 0 Å². The first-order valence-electron chi connectivity index (χ1n) is 3.23. The minimum atomic E-state index is 0. The van der Waals surface area contributed by atoms with Gasteiger partial charge in [0.1, 0.15) is 0 Å². The summed E-state index contributed by atoms with van der Waals surface area (Å²) >= 11 is 0. The van der Waals surface area contributed by atoms with E-state index in [1.807, 2.05) is 0 Å². The van der Waals surface area contributed by atoms with Gasteiger partial charge in [-0.1, -0.05) is 34.9 Å². The van der Waals surface area contributed by atoms with Crippen LogP contribution < -0.4 is 0 Å². The van der Waals surface area contributed by atoms with Crippen LogP contribution in [-0.2, 0) is 39.0 Å². The summed E-state index contributed by atoms with van der Waals surface area (Å²) in [6, 6.07) is 6.56. The zero-order valence-electron chi connectivity index (χ0n) is 6.94. The summed E-state index contributed by atoms with van der Waals surface area (Å²) in [6.07, 6.45) is 0. The van der Waals surface area contributed by atoms with E-state index in [1.165, 1.54) is 16.7 Å². The van der Waals surface area contributed by atoms with Crippen LogP contribution in [0.25, 0.3) is 0 Å². The Bertz CT molecular complexity index is 168. The maximum Gasteiger partial charge on any atom is 0 e. The van der Waals surface area contributed by atoms with Gasteiger partial charge < -0.3 is 0 Å². The third kappa shape index (κ3) is 4.83. The Kier molecular flexibility index (Phi) is 7.69. The van der Waals surface area contributed by atoms with Gasteiger partial charge >= 0.3 is 0 Å². The number of hydrogen-bond donors (Lipinski definition) is 0. The van der Waals surface area contributed by atoms with E-state index in [0.717, 1.165) is 0 Å². The van der Waals surface area contributed by atoms with Crippen LogP contribution in [0.4, 0.5) is 0 Å². The zero-order valence-corrected chi connectivity index (χ0v) is 10.4. The van der Waals surface area contributed by atoms with E-state index < -0.39 is 0 Å². The molecule has 2 heteroatoms. The maximum absolute atomic E-state index is 2.19. The van der Waals surface area contributed by atoms with E-state index in [1.54, 1.807) is 0 Å². The third-order valence-electron chi connectivity index (χ3n) is 1.37. The molecule has 0 radical (unpaired) electrons. The van der Waals surface area contributed by atoms with Crippen molar-refractivity contribution in [3.05, 3.63) is 34.9 Å². The van der Waals surface area contributed by atoms with Gasteiger partial charge in [-0.05, 0) is 20.8 Å². The minimum absolute atomic E-state index is 0. The van der Waals surface area contributed by atoms with Gasteiger partial charge in [0.05, 0.1) is 0 Å². The van der Waals surface area contributed by atoms with Crippen LogP contribution in [0.2, 0.25) is 0 Å². The monoisotopic (exact) mass is 324 g/mol. The fourth-order valence-electron chi connectivity index (χ4n) is 1.20. The normalized spacial score (nSPS) is 7.91. The Balaban J connectivity index is 0. The van der Waals surface area contributed by atoms with Crippen molar-refractivity contribution in [3.63, 3.8) is 0 Å². The van der Waals surface area contributed by atoms with Gasteiger partial charge in [0.25, 0.3) is 0 Å². The molecule has 0 atom stereocenters. The average molecular weight is 322 g/mol. The Morgan fingerprint density at radius 2 is 0.818 bits per heavy atom. The molecule has 1 aromatic rings. The molecule has 0 N–H and O–H groups in total. The largest absolute Gasteiger partial charge is 0.0564 e.